The maximum absolute atomic E-state index is 15.6. The summed E-state index contributed by atoms with van der Waals surface area (Å²) in [6.07, 6.45) is 8.17. The Morgan fingerprint density at radius 1 is 0.887 bits per heavy atom. The number of aliphatic hydroxyl groups excluding tert-OH is 2. The third-order valence-electron chi connectivity index (χ3n) is 13.8. The molecule has 0 spiro atoms. The van der Waals surface area contributed by atoms with Gasteiger partial charge in [-0.1, -0.05) is 72.6 Å². The van der Waals surface area contributed by atoms with Crippen molar-refractivity contribution in [3.63, 3.8) is 0 Å². The normalized spacial score (nSPS) is 22.0. The van der Waals surface area contributed by atoms with Gasteiger partial charge in [-0.3, -0.25) is 14.9 Å². The van der Waals surface area contributed by atoms with Crippen molar-refractivity contribution < 1.29 is 48.5 Å². The van der Waals surface area contributed by atoms with Crippen LogP contribution in [-0.2, 0) is 22.7 Å². The van der Waals surface area contributed by atoms with Crippen molar-refractivity contribution in [3.8, 4) is 34.8 Å². The molecule has 0 radical (unpaired) electrons. The molecule has 0 aromatic heterocycles. The molecule has 366 valence electrons. The van der Waals surface area contributed by atoms with E-state index < -0.39 is 22.7 Å². The molecule has 2 aliphatic carbocycles. The van der Waals surface area contributed by atoms with Crippen molar-refractivity contribution >= 4 is 17.3 Å². The van der Waals surface area contributed by atoms with Crippen LogP contribution in [0, 0.1) is 39.2 Å². The number of fused-ring (bicyclic) bond motifs is 3. The summed E-state index contributed by atoms with van der Waals surface area (Å²) in [6, 6.07) is 34.7. The molecule has 2 aliphatic heterocycles. The van der Waals surface area contributed by atoms with Gasteiger partial charge >= 0.3 is 0 Å². The molecule has 2 heterocycles. The molecule has 5 aromatic rings. The summed E-state index contributed by atoms with van der Waals surface area (Å²) in [4.78, 5) is 34.9. The van der Waals surface area contributed by atoms with Crippen molar-refractivity contribution in [3.05, 3.63) is 177 Å². The van der Waals surface area contributed by atoms with Gasteiger partial charge in [0.2, 0.25) is 12.6 Å². The summed E-state index contributed by atoms with van der Waals surface area (Å²) in [7, 11) is 0. The highest BCUT2D eigenvalue weighted by Crippen LogP contribution is 2.62. The molecule has 1 amide bonds. The Morgan fingerprint density at radius 3 is 2.41 bits per heavy atom. The van der Waals surface area contributed by atoms with Gasteiger partial charge in [0, 0.05) is 49.3 Å². The van der Waals surface area contributed by atoms with Crippen LogP contribution in [0.4, 0.5) is 5.69 Å². The first-order valence-corrected chi connectivity index (χ1v) is 24.1. The Morgan fingerprint density at radius 2 is 1.65 bits per heavy atom. The topological polar surface area (TPSA) is 195 Å². The Hall–Kier alpha value is -7.51. The predicted octanol–water partition coefficient (Wildman–Crippen LogP) is 10.2. The number of non-ortho nitro benzene ring substituents is 1. The lowest BCUT2D eigenvalue weighted by molar-refractivity contribution is -0.384. The maximum atomic E-state index is 15.6. The van der Waals surface area contributed by atoms with Crippen molar-refractivity contribution in [2.45, 2.75) is 75.8 Å². The van der Waals surface area contributed by atoms with E-state index in [1.807, 2.05) is 60.7 Å². The van der Waals surface area contributed by atoms with Gasteiger partial charge in [-0.2, -0.15) is 5.26 Å². The Balaban J connectivity index is 1.26. The van der Waals surface area contributed by atoms with E-state index >= 15 is 4.79 Å². The van der Waals surface area contributed by atoms with Crippen molar-refractivity contribution in [1.82, 2.24) is 4.90 Å². The van der Waals surface area contributed by atoms with E-state index in [4.69, 9.17) is 33.7 Å². The molecule has 9 rings (SSSR count). The number of carbonyl (C=O) groups excluding carboxylic acids is 1. The second kappa shape index (κ2) is 22.1. The van der Waals surface area contributed by atoms with Gasteiger partial charge in [-0.25, -0.2) is 0 Å². The van der Waals surface area contributed by atoms with Crippen LogP contribution in [0.25, 0.3) is 0 Å². The Labute approximate surface area is 412 Å². The zero-order chi connectivity index (χ0) is 49.3. The SMILES string of the molecule is C=CCOC12Oc3ccc(Oc4cccc([N+](=O)[O-])c4)cc3C3C(CCCCO)C(CCCCO)C=C(C(=NOCc4ccccc4)CC1N(Cc1ccc4c(c1)OCO4)C(=O)c1ccc(C#N)cc1)C32. The number of allylic oxidation sites excluding steroid dienone is 1. The first-order valence-electron chi connectivity index (χ1n) is 24.1. The van der Waals surface area contributed by atoms with E-state index in [1.54, 1.807) is 53.4 Å². The van der Waals surface area contributed by atoms with Gasteiger partial charge in [0.25, 0.3) is 11.6 Å². The average Bonchev–Trinajstić information content (AvgIpc) is 3.87. The van der Waals surface area contributed by atoms with Crippen LogP contribution in [-0.4, -0.2) is 70.1 Å². The number of nitro groups is 1. The molecule has 2 N–H and O–H groups in total. The molecule has 15 heteroatoms. The molecule has 6 unspecified atom stereocenters. The monoisotopic (exact) mass is 960 g/mol. The van der Waals surface area contributed by atoms with Gasteiger partial charge in [-0.15, -0.1) is 6.58 Å². The standard InChI is InChI=1S/C56H56N4O11/c1-2-27-68-56-52(59(55(63)40-20-17-37(33-57)18-21-40)34-39-19-23-50-51(28-39)67-36-66-50)32-48(58-69-35-38-11-4-3-5-12-38)46-29-41(13-6-8-25-61)45(16-7-9-26-62)53(54(46)56)47-31-44(22-24-49(47)71-56)70-43-15-10-14-42(30-43)60(64)65/h2-5,10-12,14-15,17-24,28-31,41,45,52-54,61-62H,1,6-9,13,16,25-27,32,34-36H2. The summed E-state index contributed by atoms with van der Waals surface area (Å²) in [5.41, 5.74) is 4.57. The molecule has 71 heavy (non-hydrogen) atoms. The van der Waals surface area contributed by atoms with Crippen LogP contribution >= 0.6 is 0 Å². The zero-order valence-corrected chi connectivity index (χ0v) is 39.3. The fourth-order valence-electron chi connectivity index (χ4n) is 10.7. The predicted molar refractivity (Wildman–Crippen MR) is 263 cm³/mol. The van der Waals surface area contributed by atoms with Gasteiger partial charge < -0.3 is 43.6 Å². The number of nitriles is 1. The van der Waals surface area contributed by atoms with E-state index in [0.29, 0.717) is 65.5 Å². The first kappa shape index (κ1) is 48.5. The molecule has 4 aliphatic rings. The maximum Gasteiger partial charge on any atom is 0.273 e. The fraction of sp³-hybridized carbons (Fsp3) is 0.339. The number of ether oxygens (including phenoxy) is 5. The molecular weight excluding hydrogens is 905 g/mol. The van der Waals surface area contributed by atoms with Gasteiger partial charge in [0.15, 0.2) is 11.5 Å². The molecule has 0 saturated heterocycles. The van der Waals surface area contributed by atoms with E-state index in [-0.39, 0.29) is 81.3 Å². The minimum absolute atomic E-state index is 0.0221. The van der Waals surface area contributed by atoms with Gasteiger partial charge in [-0.05, 0) is 115 Å². The summed E-state index contributed by atoms with van der Waals surface area (Å²) in [6.45, 7) is 4.50. The number of amides is 1. The van der Waals surface area contributed by atoms with Crippen LogP contribution in [0.15, 0.2) is 145 Å². The number of nitro benzene ring substituents is 1. The highest BCUT2D eigenvalue weighted by Gasteiger charge is 2.65. The minimum atomic E-state index is -1.59. The number of rotatable bonds is 21. The van der Waals surface area contributed by atoms with Crippen molar-refractivity contribution in [1.29, 1.82) is 5.26 Å². The highest BCUT2D eigenvalue weighted by atomic mass is 16.7. The molecule has 6 atom stereocenters. The number of aliphatic hydroxyl groups is 2. The second-order valence-electron chi connectivity index (χ2n) is 18.2. The van der Waals surface area contributed by atoms with Crippen LogP contribution in [0.3, 0.4) is 0 Å². The Kier molecular flexibility index (Phi) is 15.1. The minimum Gasteiger partial charge on any atom is -0.459 e. The number of nitrogens with zero attached hydrogens (tertiary/aromatic N) is 4. The Bertz CT molecular complexity index is 2830. The lowest BCUT2D eigenvalue weighted by atomic mass is 9.55. The van der Waals surface area contributed by atoms with E-state index in [0.717, 1.165) is 35.1 Å². The molecule has 15 nitrogen and oxygen atoms in total. The number of oxime groups is 1. The third-order valence-corrected chi connectivity index (χ3v) is 13.8. The number of benzene rings is 5. The summed E-state index contributed by atoms with van der Waals surface area (Å²) in [5, 5.41) is 46.6. The summed E-state index contributed by atoms with van der Waals surface area (Å²) < 4.78 is 32.6. The number of hydrogen-bond donors (Lipinski definition) is 2. The quantitative estimate of drug-likeness (QED) is 0.0306. The van der Waals surface area contributed by atoms with Crippen LogP contribution in [0.1, 0.15) is 83.5 Å². The van der Waals surface area contributed by atoms with Gasteiger partial charge in [0.05, 0.1) is 40.9 Å². The lowest BCUT2D eigenvalue weighted by Gasteiger charge is -2.60. The lowest BCUT2D eigenvalue weighted by Crippen LogP contribution is -2.70. The molecular formula is C56H56N4O11. The summed E-state index contributed by atoms with van der Waals surface area (Å²) >= 11 is 0. The third kappa shape index (κ3) is 10.4. The zero-order valence-electron chi connectivity index (χ0n) is 39.3. The number of hydrogen-bond acceptors (Lipinski definition) is 13. The van der Waals surface area contributed by atoms with E-state index in [9.17, 15) is 25.6 Å². The van der Waals surface area contributed by atoms with Gasteiger partial charge in [0.1, 0.15) is 29.9 Å². The molecule has 0 bridgehead atoms. The first-order chi connectivity index (χ1) is 34.7. The molecule has 5 aromatic carbocycles. The second-order valence-corrected chi connectivity index (χ2v) is 18.2. The molecule has 1 saturated carbocycles. The van der Waals surface area contributed by atoms with Crippen molar-refractivity contribution in [2.75, 3.05) is 26.6 Å². The van der Waals surface area contributed by atoms with Crippen LogP contribution < -0.4 is 18.9 Å². The van der Waals surface area contributed by atoms with E-state index in [2.05, 4.69) is 18.7 Å². The van der Waals surface area contributed by atoms with Crippen LogP contribution in [0.2, 0.25) is 0 Å². The number of carbonyl (C=O) groups is 1. The van der Waals surface area contributed by atoms with Crippen LogP contribution in [0.5, 0.6) is 28.7 Å². The molecule has 1 fully saturated rings. The average molecular weight is 961 g/mol. The fourth-order valence-corrected chi connectivity index (χ4v) is 10.7. The van der Waals surface area contributed by atoms with E-state index in [1.165, 1.54) is 12.1 Å². The van der Waals surface area contributed by atoms with Crippen molar-refractivity contribution in [2.24, 2.45) is 22.9 Å². The largest absolute Gasteiger partial charge is 0.459 e. The highest BCUT2D eigenvalue weighted by molar-refractivity contribution is 6.03. The smallest absolute Gasteiger partial charge is 0.273 e. The summed E-state index contributed by atoms with van der Waals surface area (Å²) in [5.74, 6) is -0.723. The number of unbranched alkanes of at least 4 members (excludes halogenated alkanes) is 2.